The molecule has 0 bridgehead atoms. The Morgan fingerprint density at radius 1 is 1.27 bits per heavy atom. The highest BCUT2D eigenvalue weighted by Crippen LogP contribution is 2.32. The number of carbonyl (C=O) groups is 1. The van der Waals surface area contributed by atoms with Crippen LogP contribution < -0.4 is 15.6 Å². The summed E-state index contributed by atoms with van der Waals surface area (Å²) in [4.78, 5) is 33.4. The molecule has 0 spiro atoms. The van der Waals surface area contributed by atoms with E-state index in [2.05, 4.69) is 15.3 Å². The molecule has 30 heavy (non-hydrogen) atoms. The highest BCUT2D eigenvalue weighted by molar-refractivity contribution is 7.14. The standard InChI is InChI=1S/C21H17FN4O3S/c1-29-18-7-6-13(22)10-15(18)17-11-30-21(24-17)25-19(27)8-9-26-12-23-16-5-3-2-4-14(16)20(26)28/h2-7,10-12H,8-9H2,1H3,(H,24,25,27). The second-order valence-corrected chi connectivity index (χ2v) is 7.30. The Morgan fingerprint density at radius 3 is 2.93 bits per heavy atom. The number of fused-ring (bicyclic) bond motifs is 1. The van der Waals surface area contributed by atoms with Gasteiger partial charge in [-0.3, -0.25) is 14.2 Å². The second kappa shape index (κ2) is 8.42. The molecule has 152 valence electrons. The van der Waals surface area contributed by atoms with Crippen LogP contribution in [-0.2, 0) is 11.3 Å². The molecular weight excluding hydrogens is 407 g/mol. The third kappa shape index (κ3) is 4.06. The quantitative estimate of drug-likeness (QED) is 0.510. The number of para-hydroxylation sites is 1. The number of methoxy groups -OCH3 is 1. The molecule has 2 heterocycles. The first-order valence-corrected chi connectivity index (χ1v) is 9.96. The molecule has 2 aromatic heterocycles. The maximum absolute atomic E-state index is 13.6. The van der Waals surface area contributed by atoms with Crippen LogP contribution >= 0.6 is 11.3 Å². The average molecular weight is 424 g/mol. The third-order valence-corrected chi connectivity index (χ3v) is 5.26. The molecule has 9 heteroatoms. The largest absolute Gasteiger partial charge is 0.496 e. The molecule has 0 aliphatic rings. The summed E-state index contributed by atoms with van der Waals surface area (Å²) in [5.41, 5.74) is 1.43. The Bertz CT molecular complexity index is 1280. The lowest BCUT2D eigenvalue weighted by Gasteiger charge is -2.07. The number of benzene rings is 2. The van der Waals surface area contributed by atoms with E-state index in [1.165, 1.54) is 47.5 Å². The molecule has 1 N–H and O–H groups in total. The molecule has 1 amide bonds. The van der Waals surface area contributed by atoms with E-state index >= 15 is 0 Å². The zero-order valence-corrected chi connectivity index (χ0v) is 16.8. The second-order valence-electron chi connectivity index (χ2n) is 6.44. The van der Waals surface area contributed by atoms with Gasteiger partial charge in [0, 0.05) is 23.9 Å². The van der Waals surface area contributed by atoms with Gasteiger partial charge in [0.2, 0.25) is 5.91 Å². The number of anilines is 1. The zero-order valence-electron chi connectivity index (χ0n) is 16.0. The van der Waals surface area contributed by atoms with Crippen molar-refractivity contribution in [2.24, 2.45) is 0 Å². The number of nitrogens with one attached hydrogen (secondary N) is 1. The van der Waals surface area contributed by atoms with Crippen molar-refractivity contribution in [1.29, 1.82) is 0 Å². The van der Waals surface area contributed by atoms with Crippen molar-refractivity contribution in [2.45, 2.75) is 13.0 Å². The molecule has 0 aliphatic carbocycles. The molecule has 2 aromatic carbocycles. The highest BCUT2D eigenvalue weighted by atomic mass is 32.1. The summed E-state index contributed by atoms with van der Waals surface area (Å²) >= 11 is 1.22. The van der Waals surface area contributed by atoms with Crippen molar-refractivity contribution < 1.29 is 13.9 Å². The monoisotopic (exact) mass is 424 g/mol. The molecule has 0 saturated heterocycles. The molecule has 0 aliphatic heterocycles. The van der Waals surface area contributed by atoms with Gasteiger partial charge in [-0.25, -0.2) is 14.4 Å². The molecule has 0 radical (unpaired) electrons. The predicted octanol–water partition coefficient (Wildman–Crippen LogP) is 3.70. The van der Waals surface area contributed by atoms with Crippen molar-refractivity contribution >= 4 is 33.3 Å². The van der Waals surface area contributed by atoms with E-state index in [1.54, 1.807) is 23.6 Å². The van der Waals surface area contributed by atoms with Crippen LogP contribution in [0.4, 0.5) is 9.52 Å². The lowest BCUT2D eigenvalue weighted by molar-refractivity contribution is -0.116. The predicted molar refractivity (Wildman–Crippen MR) is 113 cm³/mol. The van der Waals surface area contributed by atoms with E-state index < -0.39 is 5.82 Å². The Hall–Kier alpha value is -3.59. The molecule has 4 aromatic rings. The Morgan fingerprint density at radius 2 is 2.10 bits per heavy atom. The van der Waals surface area contributed by atoms with Crippen LogP contribution in [-0.4, -0.2) is 27.6 Å². The first kappa shape index (κ1) is 19.7. The summed E-state index contributed by atoms with van der Waals surface area (Å²) in [6.07, 6.45) is 1.52. The summed E-state index contributed by atoms with van der Waals surface area (Å²) in [6.45, 7) is 0.193. The van der Waals surface area contributed by atoms with Crippen molar-refractivity contribution in [3.8, 4) is 17.0 Å². The van der Waals surface area contributed by atoms with Crippen molar-refractivity contribution in [3.63, 3.8) is 0 Å². The number of hydrogen-bond donors (Lipinski definition) is 1. The Kier molecular flexibility index (Phi) is 5.53. The maximum Gasteiger partial charge on any atom is 0.261 e. The summed E-state index contributed by atoms with van der Waals surface area (Å²) in [6, 6.07) is 11.2. The lowest BCUT2D eigenvalue weighted by Crippen LogP contribution is -2.23. The molecule has 4 rings (SSSR count). The number of aromatic nitrogens is 3. The minimum Gasteiger partial charge on any atom is -0.496 e. The number of carbonyl (C=O) groups excluding carboxylic acids is 1. The summed E-state index contributed by atoms with van der Waals surface area (Å²) in [5.74, 6) is -0.205. The first-order chi connectivity index (χ1) is 14.5. The van der Waals surface area contributed by atoms with E-state index in [4.69, 9.17) is 4.74 Å². The normalized spacial score (nSPS) is 10.9. The summed E-state index contributed by atoms with van der Waals surface area (Å²) < 4.78 is 20.3. The van der Waals surface area contributed by atoms with Gasteiger partial charge in [0.05, 0.1) is 30.0 Å². The first-order valence-electron chi connectivity index (χ1n) is 9.08. The van der Waals surface area contributed by atoms with Crippen molar-refractivity contribution in [3.05, 3.63) is 70.3 Å². The molecular formula is C21H17FN4O3S. The minimum atomic E-state index is -0.404. The van der Waals surface area contributed by atoms with Crippen LogP contribution in [0.15, 0.2) is 59.0 Å². The smallest absolute Gasteiger partial charge is 0.261 e. The highest BCUT2D eigenvalue weighted by Gasteiger charge is 2.13. The van der Waals surface area contributed by atoms with Gasteiger partial charge >= 0.3 is 0 Å². The van der Waals surface area contributed by atoms with Crippen LogP contribution in [0.1, 0.15) is 6.42 Å². The molecule has 0 unspecified atom stereocenters. The van der Waals surface area contributed by atoms with E-state index in [1.807, 2.05) is 6.07 Å². The van der Waals surface area contributed by atoms with Crippen molar-refractivity contribution in [2.75, 3.05) is 12.4 Å². The van der Waals surface area contributed by atoms with Gasteiger partial charge in [0.15, 0.2) is 5.13 Å². The molecule has 0 saturated carbocycles. The van der Waals surface area contributed by atoms with Gasteiger partial charge < -0.3 is 10.1 Å². The van der Waals surface area contributed by atoms with E-state index in [-0.39, 0.29) is 24.4 Å². The van der Waals surface area contributed by atoms with E-state index in [0.29, 0.717) is 33.0 Å². The van der Waals surface area contributed by atoms with Gasteiger partial charge in [-0.2, -0.15) is 0 Å². The topological polar surface area (TPSA) is 86.1 Å². The zero-order chi connectivity index (χ0) is 21.1. The number of hydrogen-bond acceptors (Lipinski definition) is 6. The fraction of sp³-hybridized carbons (Fsp3) is 0.143. The third-order valence-electron chi connectivity index (χ3n) is 4.50. The number of rotatable bonds is 6. The van der Waals surface area contributed by atoms with E-state index in [9.17, 15) is 14.0 Å². The van der Waals surface area contributed by atoms with Crippen LogP contribution in [0.2, 0.25) is 0 Å². The molecule has 0 atom stereocenters. The average Bonchev–Trinajstić information content (AvgIpc) is 3.21. The fourth-order valence-corrected chi connectivity index (χ4v) is 3.73. The lowest BCUT2D eigenvalue weighted by atomic mass is 10.1. The minimum absolute atomic E-state index is 0.0815. The number of aryl methyl sites for hydroxylation is 1. The van der Waals surface area contributed by atoms with E-state index in [0.717, 1.165) is 0 Å². The summed E-state index contributed by atoms with van der Waals surface area (Å²) in [7, 11) is 1.50. The van der Waals surface area contributed by atoms with Crippen molar-refractivity contribution in [1.82, 2.24) is 14.5 Å². The molecule has 7 nitrogen and oxygen atoms in total. The number of nitrogens with zero attached hydrogens (tertiary/aromatic N) is 3. The van der Waals surface area contributed by atoms with Gasteiger partial charge in [-0.15, -0.1) is 11.3 Å². The summed E-state index contributed by atoms with van der Waals surface area (Å²) in [5, 5.41) is 5.31. The van der Waals surface area contributed by atoms with Gasteiger partial charge in [-0.1, -0.05) is 12.1 Å². The maximum atomic E-state index is 13.6. The SMILES string of the molecule is COc1ccc(F)cc1-c1csc(NC(=O)CCn2cnc3ccccc3c2=O)n1. The van der Waals surface area contributed by atoms with Crippen LogP contribution in [0.3, 0.4) is 0 Å². The fourth-order valence-electron chi connectivity index (χ4n) is 3.00. The molecule has 0 fully saturated rings. The van der Waals surface area contributed by atoms with Gasteiger partial charge in [0.25, 0.3) is 5.56 Å². The Balaban J connectivity index is 1.44. The van der Waals surface area contributed by atoms with Crippen LogP contribution in [0, 0.1) is 5.82 Å². The number of halogens is 1. The van der Waals surface area contributed by atoms with Crippen LogP contribution in [0.5, 0.6) is 5.75 Å². The van der Waals surface area contributed by atoms with Gasteiger partial charge in [-0.05, 0) is 30.3 Å². The van der Waals surface area contributed by atoms with Gasteiger partial charge in [0.1, 0.15) is 11.6 Å². The van der Waals surface area contributed by atoms with Crippen LogP contribution in [0.25, 0.3) is 22.2 Å². The number of amides is 1. The number of thiazole rings is 1. The number of ether oxygens (including phenoxy) is 1. The Labute approximate surface area is 174 Å².